The Balaban J connectivity index is 2.05. The van der Waals surface area contributed by atoms with Crippen LogP contribution in [0.1, 0.15) is 23.2 Å². The highest BCUT2D eigenvalue weighted by Gasteiger charge is 2.42. The lowest BCUT2D eigenvalue weighted by molar-refractivity contribution is 0.0875. The van der Waals surface area contributed by atoms with Crippen LogP contribution < -0.4 is 10.2 Å². The Morgan fingerprint density at radius 2 is 2.00 bits per heavy atom. The molecule has 0 atom stereocenters. The van der Waals surface area contributed by atoms with Crippen molar-refractivity contribution in [2.45, 2.75) is 18.5 Å². The van der Waals surface area contributed by atoms with Gasteiger partial charge >= 0.3 is 0 Å². The van der Waals surface area contributed by atoms with Gasteiger partial charge in [0.2, 0.25) is 0 Å². The maximum atomic E-state index is 12.2. The smallest absolute Gasteiger partial charge is 0.255 e. The third-order valence-corrected chi connectivity index (χ3v) is 4.80. The van der Waals surface area contributed by atoms with E-state index in [9.17, 15) is 4.79 Å². The van der Waals surface area contributed by atoms with Gasteiger partial charge in [-0.3, -0.25) is 4.79 Å². The van der Waals surface area contributed by atoms with Gasteiger partial charge in [-0.1, -0.05) is 12.1 Å². The number of fused-ring (bicyclic) bond motifs is 1. The molecule has 1 fully saturated rings. The van der Waals surface area contributed by atoms with Gasteiger partial charge in [0, 0.05) is 7.05 Å². The van der Waals surface area contributed by atoms with Gasteiger partial charge in [-0.05, 0) is 36.5 Å². The van der Waals surface area contributed by atoms with Crippen LogP contribution in [0.25, 0.3) is 0 Å². The number of rotatable bonds is 0. The van der Waals surface area contributed by atoms with Crippen molar-refractivity contribution >= 4 is 23.4 Å². The first-order valence-electron chi connectivity index (χ1n) is 5.96. The molecule has 3 nitrogen and oxygen atoms in total. The summed E-state index contributed by atoms with van der Waals surface area (Å²) in [6.45, 7) is 0. The van der Waals surface area contributed by atoms with Gasteiger partial charge in [0.1, 0.15) is 5.66 Å². The molecule has 3 rings (SSSR count). The van der Waals surface area contributed by atoms with E-state index in [0.29, 0.717) is 0 Å². The summed E-state index contributed by atoms with van der Waals surface area (Å²) in [5, 5.41) is 3.21. The molecule has 90 valence electrons. The predicted molar refractivity (Wildman–Crippen MR) is 71.6 cm³/mol. The van der Waals surface area contributed by atoms with E-state index in [1.807, 2.05) is 36.0 Å². The molecule has 2 heterocycles. The van der Waals surface area contributed by atoms with Crippen LogP contribution in [-0.4, -0.2) is 30.1 Å². The number of carbonyl (C=O) groups is 1. The molecule has 0 aliphatic carbocycles. The minimum atomic E-state index is -0.156. The second-order valence-corrected chi connectivity index (χ2v) is 5.90. The van der Waals surface area contributed by atoms with E-state index in [0.717, 1.165) is 35.6 Å². The molecule has 1 N–H and O–H groups in total. The number of para-hydroxylation sites is 1. The lowest BCUT2D eigenvalue weighted by atomic mass is 9.94. The van der Waals surface area contributed by atoms with E-state index >= 15 is 0 Å². The fourth-order valence-electron chi connectivity index (χ4n) is 2.72. The van der Waals surface area contributed by atoms with E-state index < -0.39 is 0 Å². The van der Waals surface area contributed by atoms with Gasteiger partial charge in [-0.2, -0.15) is 11.8 Å². The Morgan fingerprint density at radius 1 is 1.29 bits per heavy atom. The Kier molecular flexibility index (Phi) is 2.54. The summed E-state index contributed by atoms with van der Waals surface area (Å²) in [7, 11) is 2.09. The molecule has 0 aromatic heterocycles. The third kappa shape index (κ3) is 1.62. The summed E-state index contributed by atoms with van der Waals surface area (Å²) < 4.78 is 0. The zero-order valence-electron chi connectivity index (χ0n) is 9.90. The summed E-state index contributed by atoms with van der Waals surface area (Å²) in [4.78, 5) is 14.4. The molecule has 1 aromatic rings. The highest BCUT2D eigenvalue weighted by atomic mass is 32.2. The summed E-state index contributed by atoms with van der Waals surface area (Å²) in [6, 6.07) is 7.85. The van der Waals surface area contributed by atoms with Gasteiger partial charge in [-0.25, -0.2) is 0 Å². The molecule has 2 aliphatic rings. The largest absolute Gasteiger partial charge is 0.351 e. The molecule has 0 radical (unpaired) electrons. The van der Waals surface area contributed by atoms with Crippen molar-refractivity contribution in [3.05, 3.63) is 29.8 Å². The second-order valence-electron chi connectivity index (χ2n) is 4.67. The first kappa shape index (κ1) is 11.0. The average Bonchev–Trinajstić information content (AvgIpc) is 2.37. The predicted octanol–water partition coefficient (Wildman–Crippen LogP) is 2.09. The quantitative estimate of drug-likeness (QED) is 0.763. The van der Waals surface area contributed by atoms with Gasteiger partial charge in [0.25, 0.3) is 5.91 Å². The van der Waals surface area contributed by atoms with Crippen LogP contribution in [0.3, 0.4) is 0 Å². The number of hydrogen-bond donors (Lipinski definition) is 1. The fraction of sp³-hybridized carbons (Fsp3) is 0.462. The summed E-state index contributed by atoms with van der Waals surface area (Å²) in [5.41, 5.74) is 1.69. The lowest BCUT2D eigenvalue weighted by Crippen LogP contribution is -2.64. The maximum absolute atomic E-state index is 12.2. The number of anilines is 1. The van der Waals surface area contributed by atoms with Crippen LogP contribution in [0, 0.1) is 0 Å². The second kappa shape index (κ2) is 3.95. The van der Waals surface area contributed by atoms with Gasteiger partial charge < -0.3 is 10.2 Å². The summed E-state index contributed by atoms with van der Waals surface area (Å²) in [6.07, 6.45) is 2.04. The molecule has 1 aromatic carbocycles. The topological polar surface area (TPSA) is 32.3 Å². The maximum Gasteiger partial charge on any atom is 0.255 e. The van der Waals surface area contributed by atoms with Crippen LogP contribution in [0.4, 0.5) is 5.69 Å². The van der Waals surface area contributed by atoms with E-state index in [-0.39, 0.29) is 11.6 Å². The van der Waals surface area contributed by atoms with E-state index in [1.165, 1.54) is 0 Å². The zero-order valence-corrected chi connectivity index (χ0v) is 10.7. The Hall–Kier alpha value is -1.16. The summed E-state index contributed by atoms with van der Waals surface area (Å²) in [5.74, 6) is 2.31. The SMILES string of the molecule is CN1c2ccccc2C(=O)NC12CCSCC2. The standard InChI is InChI=1S/C13H16N2OS/c1-15-11-5-3-2-4-10(11)12(16)14-13(15)6-8-17-9-7-13/h2-5H,6-9H2,1H3,(H,14,16). The van der Waals surface area contributed by atoms with Crippen molar-refractivity contribution < 1.29 is 4.79 Å². The molecule has 0 saturated carbocycles. The van der Waals surface area contributed by atoms with E-state index in [1.54, 1.807) is 0 Å². The van der Waals surface area contributed by atoms with Crippen LogP contribution in [0.2, 0.25) is 0 Å². The zero-order chi connectivity index (χ0) is 11.9. The van der Waals surface area contributed by atoms with Crippen molar-refractivity contribution in [2.24, 2.45) is 0 Å². The molecular formula is C13H16N2OS. The lowest BCUT2D eigenvalue weighted by Gasteiger charge is -2.49. The van der Waals surface area contributed by atoms with Crippen LogP contribution in [-0.2, 0) is 0 Å². The monoisotopic (exact) mass is 248 g/mol. The molecule has 2 aliphatic heterocycles. The van der Waals surface area contributed by atoms with Crippen LogP contribution >= 0.6 is 11.8 Å². The normalized spacial score (nSPS) is 22.2. The Morgan fingerprint density at radius 3 is 2.76 bits per heavy atom. The highest BCUT2D eigenvalue weighted by Crippen LogP contribution is 2.37. The van der Waals surface area contributed by atoms with Crippen molar-refractivity contribution in [3.63, 3.8) is 0 Å². The Labute approximate surface area is 106 Å². The molecular weight excluding hydrogens is 232 g/mol. The molecule has 1 spiro atoms. The van der Waals surface area contributed by atoms with Crippen LogP contribution in [0.5, 0.6) is 0 Å². The first-order valence-corrected chi connectivity index (χ1v) is 7.12. The third-order valence-electron chi connectivity index (χ3n) is 3.82. The number of hydrogen-bond acceptors (Lipinski definition) is 3. The van der Waals surface area contributed by atoms with Crippen molar-refractivity contribution in [2.75, 3.05) is 23.5 Å². The van der Waals surface area contributed by atoms with Gasteiger partial charge in [-0.15, -0.1) is 0 Å². The fourth-order valence-corrected chi connectivity index (χ4v) is 3.89. The molecule has 4 heteroatoms. The Bertz CT molecular complexity index is 454. The molecule has 0 unspecified atom stereocenters. The van der Waals surface area contributed by atoms with E-state index in [2.05, 4.69) is 17.3 Å². The minimum Gasteiger partial charge on any atom is -0.351 e. The van der Waals surface area contributed by atoms with Crippen LogP contribution in [0.15, 0.2) is 24.3 Å². The van der Waals surface area contributed by atoms with Crippen molar-refractivity contribution in [1.82, 2.24) is 5.32 Å². The number of carbonyl (C=O) groups excluding carboxylic acids is 1. The van der Waals surface area contributed by atoms with Gasteiger partial charge in [0.15, 0.2) is 0 Å². The molecule has 0 bridgehead atoms. The molecule has 1 amide bonds. The molecule has 1 saturated heterocycles. The minimum absolute atomic E-state index is 0.0746. The first-order chi connectivity index (χ1) is 8.23. The average molecular weight is 248 g/mol. The number of amides is 1. The number of nitrogens with one attached hydrogen (secondary N) is 1. The highest BCUT2D eigenvalue weighted by molar-refractivity contribution is 7.99. The molecule has 17 heavy (non-hydrogen) atoms. The number of benzene rings is 1. The van der Waals surface area contributed by atoms with Gasteiger partial charge in [0.05, 0.1) is 11.3 Å². The summed E-state index contributed by atoms with van der Waals surface area (Å²) >= 11 is 1.97. The van der Waals surface area contributed by atoms with Crippen molar-refractivity contribution in [3.8, 4) is 0 Å². The van der Waals surface area contributed by atoms with Crippen molar-refractivity contribution in [1.29, 1.82) is 0 Å². The number of nitrogens with zero attached hydrogens (tertiary/aromatic N) is 1. The van der Waals surface area contributed by atoms with E-state index in [4.69, 9.17) is 0 Å². The number of thioether (sulfide) groups is 1.